The highest BCUT2D eigenvalue weighted by Gasteiger charge is 2.17. The predicted octanol–water partition coefficient (Wildman–Crippen LogP) is 3.80. The van der Waals surface area contributed by atoms with E-state index in [1.807, 2.05) is 13.0 Å². The molecule has 0 aliphatic carbocycles. The Balaban J connectivity index is 2.23. The van der Waals surface area contributed by atoms with Crippen LogP contribution in [0, 0.1) is 0 Å². The largest absolute Gasteiger partial charge is 0.313 e. The fraction of sp³-hybridized carbons (Fsp3) is 0.647. The van der Waals surface area contributed by atoms with Gasteiger partial charge in [0.15, 0.2) is 9.84 Å². The molecule has 1 aromatic carbocycles. The van der Waals surface area contributed by atoms with Gasteiger partial charge in [0.2, 0.25) is 0 Å². The predicted molar refractivity (Wildman–Crippen MR) is 89.3 cm³/mol. The van der Waals surface area contributed by atoms with Crippen LogP contribution in [0.1, 0.15) is 52.4 Å². The third-order valence-electron chi connectivity index (χ3n) is 3.59. The van der Waals surface area contributed by atoms with Crippen molar-refractivity contribution in [1.82, 2.24) is 5.32 Å². The summed E-state index contributed by atoms with van der Waals surface area (Å²) in [6, 6.07) is 8.68. The van der Waals surface area contributed by atoms with Gasteiger partial charge in [0.1, 0.15) is 0 Å². The van der Waals surface area contributed by atoms with E-state index in [2.05, 4.69) is 12.2 Å². The normalized spacial score (nSPS) is 13.2. The van der Waals surface area contributed by atoms with Crippen molar-refractivity contribution < 1.29 is 8.42 Å². The van der Waals surface area contributed by atoms with Crippen LogP contribution in [0.4, 0.5) is 0 Å². The van der Waals surface area contributed by atoms with Gasteiger partial charge in [-0.1, -0.05) is 57.2 Å². The molecule has 0 aliphatic rings. The van der Waals surface area contributed by atoms with E-state index in [9.17, 15) is 8.42 Å². The minimum Gasteiger partial charge on any atom is -0.313 e. The summed E-state index contributed by atoms with van der Waals surface area (Å²) in [4.78, 5) is 0.415. The number of hydrogen-bond donors (Lipinski definition) is 1. The Morgan fingerprint density at radius 3 is 2.29 bits per heavy atom. The van der Waals surface area contributed by atoms with Crippen LogP contribution in [0.3, 0.4) is 0 Å². The second kappa shape index (κ2) is 9.96. The van der Waals surface area contributed by atoms with Crippen LogP contribution in [0.5, 0.6) is 0 Å². The summed E-state index contributed by atoms with van der Waals surface area (Å²) in [5.41, 5.74) is 0. The van der Waals surface area contributed by atoms with Gasteiger partial charge in [-0.2, -0.15) is 0 Å². The maximum atomic E-state index is 12.2. The molecule has 1 N–H and O–H groups in total. The maximum Gasteiger partial charge on any atom is 0.179 e. The molecule has 0 radical (unpaired) electrons. The molecule has 0 fully saturated rings. The quantitative estimate of drug-likeness (QED) is 0.632. The van der Waals surface area contributed by atoms with E-state index >= 15 is 0 Å². The molecule has 0 bridgehead atoms. The highest BCUT2D eigenvalue weighted by atomic mass is 32.2. The van der Waals surface area contributed by atoms with E-state index < -0.39 is 9.84 Å². The van der Waals surface area contributed by atoms with Crippen molar-refractivity contribution in [1.29, 1.82) is 0 Å². The van der Waals surface area contributed by atoms with Gasteiger partial charge < -0.3 is 5.32 Å². The van der Waals surface area contributed by atoms with E-state index in [0.717, 1.165) is 13.0 Å². The molecule has 0 aliphatic heterocycles. The maximum absolute atomic E-state index is 12.2. The molecule has 3 nitrogen and oxygen atoms in total. The number of unbranched alkanes of at least 4 members (excludes halogenated alkanes) is 5. The summed E-state index contributed by atoms with van der Waals surface area (Å²) < 4.78 is 24.4. The Morgan fingerprint density at radius 2 is 1.62 bits per heavy atom. The summed E-state index contributed by atoms with van der Waals surface area (Å²) in [6.45, 7) is 5.06. The molecule has 21 heavy (non-hydrogen) atoms. The lowest BCUT2D eigenvalue weighted by Gasteiger charge is -2.14. The Kier molecular flexibility index (Phi) is 8.62. The summed E-state index contributed by atoms with van der Waals surface area (Å²) >= 11 is 0. The van der Waals surface area contributed by atoms with Gasteiger partial charge in [-0.3, -0.25) is 0 Å². The van der Waals surface area contributed by atoms with Gasteiger partial charge in [-0.25, -0.2) is 8.42 Å². The molecule has 0 saturated carbocycles. The number of benzene rings is 1. The molecule has 0 unspecified atom stereocenters. The third kappa shape index (κ3) is 7.63. The van der Waals surface area contributed by atoms with Crippen LogP contribution in [-0.4, -0.2) is 26.8 Å². The minimum absolute atomic E-state index is 0.00847. The van der Waals surface area contributed by atoms with Gasteiger partial charge in [-0.15, -0.1) is 0 Å². The fourth-order valence-corrected chi connectivity index (χ4v) is 3.91. The smallest absolute Gasteiger partial charge is 0.179 e. The first-order valence-corrected chi connectivity index (χ1v) is 9.72. The minimum atomic E-state index is -3.18. The average molecular weight is 311 g/mol. The highest BCUT2D eigenvalue weighted by molar-refractivity contribution is 7.91. The van der Waals surface area contributed by atoms with Gasteiger partial charge >= 0.3 is 0 Å². The van der Waals surface area contributed by atoms with Crippen LogP contribution in [0.2, 0.25) is 0 Å². The lowest BCUT2D eigenvalue weighted by atomic mass is 10.1. The Labute approximate surface area is 130 Å². The van der Waals surface area contributed by atoms with Crippen molar-refractivity contribution >= 4 is 9.84 Å². The van der Waals surface area contributed by atoms with Crippen molar-refractivity contribution in [2.75, 3.05) is 12.3 Å². The molecule has 1 aromatic rings. The summed E-state index contributed by atoms with van der Waals surface area (Å²) in [5, 5.41) is 3.32. The van der Waals surface area contributed by atoms with Crippen LogP contribution in [0.15, 0.2) is 35.2 Å². The van der Waals surface area contributed by atoms with E-state index in [-0.39, 0.29) is 11.8 Å². The van der Waals surface area contributed by atoms with E-state index in [1.54, 1.807) is 24.3 Å². The molecular formula is C17H29NO2S. The van der Waals surface area contributed by atoms with Crippen LogP contribution >= 0.6 is 0 Å². The molecule has 1 atom stereocenters. The van der Waals surface area contributed by atoms with Crippen molar-refractivity contribution in [3.8, 4) is 0 Å². The first-order chi connectivity index (χ1) is 10.1. The van der Waals surface area contributed by atoms with Crippen LogP contribution < -0.4 is 5.32 Å². The fourth-order valence-electron chi connectivity index (χ4n) is 2.37. The first-order valence-electron chi connectivity index (χ1n) is 8.07. The Morgan fingerprint density at radius 1 is 1.00 bits per heavy atom. The Hall–Kier alpha value is -0.870. The van der Waals surface area contributed by atoms with Crippen molar-refractivity contribution in [2.24, 2.45) is 0 Å². The van der Waals surface area contributed by atoms with Crippen LogP contribution in [0.25, 0.3) is 0 Å². The molecule has 120 valence electrons. The van der Waals surface area contributed by atoms with Gasteiger partial charge in [-0.05, 0) is 32.0 Å². The van der Waals surface area contributed by atoms with Gasteiger partial charge in [0.25, 0.3) is 0 Å². The average Bonchev–Trinajstić information content (AvgIpc) is 2.47. The first kappa shape index (κ1) is 18.2. The molecular weight excluding hydrogens is 282 g/mol. The number of sulfone groups is 1. The highest BCUT2D eigenvalue weighted by Crippen LogP contribution is 2.11. The van der Waals surface area contributed by atoms with E-state index in [0.29, 0.717) is 4.90 Å². The van der Waals surface area contributed by atoms with Crippen molar-refractivity contribution in [3.63, 3.8) is 0 Å². The SMILES string of the molecule is CCCCCCCCN[C@H](C)CS(=O)(=O)c1ccccc1. The van der Waals surface area contributed by atoms with E-state index in [4.69, 9.17) is 0 Å². The lowest BCUT2D eigenvalue weighted by molar-refractivity contribution is 0.527. The molecule has 0 saturated heterocycles. The second-order valence-corrected chi connectivity index (χ2v) is 7.75. The molecule has 4 heteroatoms. The zero-order chi connectivity index (χ0) is 15.6. The Bertz CT molecular complexity index is 471. The number of hydrogen-bond acceptors (Lipinski definition) is 3. The topological polar surface area (TPSA) is 46.2 Å². The van der Waals surface area contributed by atoms with E-state index in [1.165, 1.54) is 32.1 Å². The molecule has 0 amide bonds. The molecule has 1 rings (SSSR count). The summed E-state index contributed by atoms with van der Waals surface area (Å²) in [6.07, 6.45) is 7.54. The van der Waals surface area contributed by atoms with Crippen molar-refractivity contribution in [2.45, 2.75) is 63.3 Å². The number of nitrogens with one attached hydrogen (secondary N) is 1. The zero-order valence-electron chi connectivity index (χ0n) is 13.3. The molecule has 0 spiro atoms. The zero-order valence-corrected chi connectivity index (χ0v) is 14.2. The number of rotatable bonds is 11. The summed E-state index contributed by atoms with van der Waals surface area (Å²) in [7, 11) is -3.18. The summed E-state index contributed by atoms with van der Waals surface area (Å²) in [5.74, 6) is 0.160. The molecule has 0 heterocycles. The lowest BCUT2D eigenvalue weighted by Crippen LogP contribution is -2.33. The second-order valence-electron chi connectivity index (χ2n) is 5.72. The van der Waals surface area contributed by atoms with Gasteiger partial charge in [0, 0.05) is 6.04 Å². The standard InChI is InChI=1S/C17H29NO2S/c1-3-4-5-6-7-11-14-18-16(2)15-21(19,20)17-12-9-8-10-13-17/h8-10,12-13,16,18H,3-7,11,14-15H2,1-2H3/t16-/m1/s1. The third-order valence-corrected chi connectivity index (χ3v) is 5.52. The monoisotopic (exact) mass is 311 g/mol. The molecule has 0 aromatic heterocycles. The van der Waals surface area contributed by atoms with Gasteiger partial charge in [0.05, 0.1) is 10.6 Å². The van der Waals surface area contributed by atoms with Crippen molar-refractivity contribution in [3.05, 3.63) is 30.3 Å². The van der Waals surface area contributed by atoms with Crippen LogP contribution in [-0.2, 0) is 9.84 Å².